The van der Waals surface area contributed by atoms with Gasteiger partial charge in [0.2, 0.25) is 12.1 Å². The lowest BCUT2D eigenvalue weighted by molar-refractivity contribution is 0.233. The second kappa shape index (κ2) is 7.37. The molecule has 0 aliphatic carbocycles. The fraction of sp³-hybridized carbons (Fsp3) is 0.316. The van der Waals surface area contributed by atoms with Crippen LogP contribution in [0.4, 0.5) is 0 Å². The van der Waals surface area contributed by atoms with Crippen molar-refractivity contribution in [2.45, 2.75) is 27.0 Å². The van der Waals surface area contributed by atoms with Crippen molar-refractivity contribution in [2.75, 3.05) is 12.9 Å². The van der Waals surface area contributed by atoms with Gasteiger partial charge >= 0.3 is 0 Å². The summed E-state index contributed by atoms with van der Waals surface area (Å²) in [6.07, 6.45) is -0.395. The van der Waals surface area contributed by atoms with Crippen LogP contribution in [-0.4, -0.2) is 25.0 Å². The Hall–Kier alpha value is -2.54. The van der Waals surface area contributed by atoms with Gasteiger partial charge in [-0.05, 0) is 49.6 Å². The van der Waals surface area contributed by atoms with Crippen LogP contribution < -0.4 is 21.6 Å². The van der Waals surface area contributed by atoms with Gasteiger partial charge < -0.3 is 20.9 Å². The molecule has 0 saturated heterocycles. The normalized spacial score (nSPS) is 22.5. The van der Waals surface area contributed by atoms with Crippen LogP contribution in [-0.2, 0) is 4.74 Å². The molecule has 2 aliphatic heterocycles. The number of benzene rings is 1. The summed E-state index contributed by atoms with van der Waals surface area (Å²) in [5.74, 6) is 2.00. The molecule has 3 rings (SSSR count). The molecular weight excluding hydrogens is 348 g/mol. The van der Waals surface area contributed by atoms with Crippen LogP contribution in [0.5, 0.6) is 5.75 Å². The topological polar surface area (TPSA) is 94.9 Å². The van der Waals surface area contributed by atoms with E-state index in [2.05, 4.69) is 17.5 Å². The molecular formula is C19H24N4O2S. The first-order valence-electron chi connectivity index (χ1n) is 8.33. The largest absolute Gasteiger partial charge is 0.496 e. The molecule has 0 fully saturated rings. The Morgan fingerprint density at radius 1 is 1.31 bits per heavy atom. The molecule has 0 aromatic heterocycles. The van der Waals surface area contributed by atoms with Crippen molar-refractivity contribution in [3.63, 3.8) is 0 Å². The van der Waals surface area contributed by atoms with Crippen molar-refractivity contribution < 1.29 is 9.47 Å². The average Bonchev–Trinajstić information content (AvgIpc) is 3.26. The zero-order valence-electron chi connectivity index (χ0n) is 15.4. The highest BCUT2D eigenvalue weighted by Crippen LogP contribution is 2.39. The summed E-state index contributed by atoms with van der Waals surface area (Å²) in [7, 11) is 1.63. The van der Waals surface area contributed by atoms with Crippen molar-refractivity contribution in [1.82, 2.24) is 5.43 Å². The molecule has 2 heterocycles. The molecule has 0 amide bonds. The third kappa shape index (κ3) is 3.26. The van der Waals surface area contributed by atoms with Crippen LogP contribution in [0.3, 0.4) is 0 Å². The van der Waals surface area contributed by atoms with Crippen LogP contribution in [0.1, 0.15) is 26.3 Å². The van der Waals surface area contributed by atoms with E-state index in [1.54, 1.807) is 18.9 Å². The number of thioether (sulfide) groups is 1. The van der Waals surface area contributed by atoms with E-state index in [4.69, 9.17) is 20.9 Å². The van der Waals surface area contributed by atoms with Crippen molar-refractivity contribution >= 4 is 17.7 Å². The first-order valence-corrected chi connectivity index (χ1v) is 9.31. The minimum atomic E-state index is -0.395. The Morgan fingerprint density at radius 3 is 2.73 bits per heavy atom. The number of allylic oxidation sites excluding steroid dienone is 4. The summed E-state index contributed by atoms with van der Waals surface area (Å²) in [4.78, 5) is 0.940. The van der Waals surface area contributed by atoms with E-state index in [0.717, 1.165) is 44.3 Å². The molecule has 138 valence electrons. The Bertz CT molecular complexity index is 851. The average molecular weight is 372 g/mol. The summed E-state index contributed by atoms with van der Waals surface area (Å²) in [6.45, 7) is 5.97. The molecule has 5 N–H and O–H groups in total. The van der Waals surface area contributed by atoms with Crippen molar-refractivity contribution in [2.24, 2.45) is 16.6 Å². The third-order valence-electron chi connectivity index (χ3n) is 4.66. The molecule has 1 aromatic carbocycles. The summed E-state index contributed by atoms with van der Waals surface area (Å²) >= 11 is 1.66. The van der Waals surface area contributed by atoms with Gasteiger partial charge in [-0.25, -0.2) is 0 Å². The summed E-state index contributed by atoms with van der Waals surface area (Å²) < 4.78 is 11.4. The van der Waals surface area contributed by atoms with Gasteiger partial charge in [0.25, 0.3) is 0 Å². The zero-order valence-corrected chi connectivity index (χ0v) is 16.2. The number of rotatable bonds is 4. The molecule has 6 nitrogen and oxygen atoms in total. The van der Waals surface area contributed by atoms with Gasteiger partial charge in [0.05, 0.1) is 23.3 Å². The van der Waals surface area contributed by atoms with E-state index in [0.29, 0.717) is 11.6 Å². The lowest BCUT2D eigenvalue weighted by Gasteiger charge is -2.14. The van der Waals surface area contributed by atoms with Gasteiger partial charge in [0.1, 0.15) is 5.75 Å². The van der Waals surface area contributed by atoms with E-state index in [-0.39, 0.29) is 0 Å². The number of hydrazone groups is 1. The van der Waals surface area contributed by atoms with Crippen molar-refractivity contribution in [1.29, 1.82) is 0 Å². The summed E-state index contributed by atoms with van der Waals surface area (Å²) in [5.41, 5.74) is 21.0. The number of methoxy groups -OCH3 is 1. The number of nitrogens with one attached hydrogen (secondary N) is 1. The first kappa shape index (κ1) is 18.3. The van der Waals surface area contributed by atoms with Gasteiger partial charge in [-0.3, -0.25) is 5.43 Å². The summed E-state index contributed by atoms with van der Waals surface area (Å²) in [6, 6.07) is 7.62. The monoisotopic (exact) mass is 372 g/mol. The van der Waals surface area contributed by atoms with Crippen LogP contribution in [0.25, 0.3) is 0 Å². The molecule has 1 atom stereocenters. The van der Waals surface area contributed by atoms with E-state index in [1.165, 1.54) is 0 Å². The molecule has 0 saturated carbocycles. The molecule has 1 unspecified atom stereocenters. The number of nitrogens with zero attached hydrogens (tertiary/aromatic N) is 1. The molecule has 7 heteroatoms. The van der Waals surface area contributed by atoms with Gasteiger partial charge in [0.15, 0.2) is 0 Å². The third-order valence-corrected chi connectivity index (χ3v) is 5.84. The van der Waals surface area contributed by atoms with Crippen LogP contribution in [0, 0.1) is 0 Å². The molecule has 0 radical (unpaired) electrons. The van der Waals surface area contributed by atoms with E-state index in [9.17, 15) is 0 Å². The quantitative estimate of drug-likeness (QED) is 0.752. The smallest absolute Gasteiger partial charge is 0.244 e. The van der Waals surface area contributed by atoms with Gasteiger partial charge in [-0.15, -0.1) is 16.9 Å². The highest BCUT2D eigenvalue weighted by Gasteiger charge is 2.32. The van der Waals surface area contributed by atoms with Crippen LogP contribution in [0.2, 0.25) is 0 Å². The van der Waals surface area contributed by atoms with Gasteiger partial charge in [-0.2, -0.15) is 0 Å². The lowest BCUT2D eigenvalue weighted by atomic mass is 10.00. The maximum absolute atomic E-state index is 6.42. The number of ether oxygens (including phenoxy) is 2. The standard InChI is InChI=1S/C19H24N4O2S/c1-10(12(3)20)11(2)14-9-26-17(16(14)21)19-23-22-18(25-19)13-7-5-6-8-15(13)24-4/h5-8,19,23H,9,20-21H2,1-4H3/b12-10-,14-11+. The predicted molar refractivity (Wildman–Crippen MR) is 106 cm³/mol. The molecule has 26 heavy (non-hydrogen) atoms. The Balaban J connectivity index is 1.84. The van der Waals surface area contributed by atoms with Gasteiger partial charge in [-0.1, -0.05) is 12.1 Å². The maximum Gasteiger partial charge on any atom is 0.244 e. The molecule has 1 aromatic rings. The number of hydrogen-bond donors (Lipinski definition) is 3. The Kier molecular flexibility index (Phi) is 5.18. The summed E-state index contributed by atoms with van der Waals surface area (Å²) in [5, 5.41) is 4.32. The Morgan fingerprint density at radius 2 is 2.04 bits per heavy atom. The van der Waals surface area contributed by atoms with Crippen LogP contribution in [0.15, 0.2) is 62.4 Å². The van der Waals surface area contributed by atoms with E-state index >= 15 is 0 Å². The molecule has 0 bridgehead atoms. The second-order valence-electron chi connectivity index (χ2n) is 6.22. The number of nitrogens with two attached hydrogens (primary N) is 2. The minimum absolute atomic E-state index is 0.395. The zero-order chi connectivity index (χ0) is 18.8. The van der Waals surface area contributed by atoms with Crippen molar-refractivity contribution in [3.8, 4) is 5.75 Å². The molecule has 0 spiro atoms. The van der Waals surface area contributed by atoms with E-state index in [1.807, 2.05) is 38.1 Å². The highest BCUT2D eigenvalue weighted by molar-refractivity contribution is 8.03. The molecule has 2 aliphatic rings. The minimum Gasteiger partial charge on any atom is -0.496 e. The SMILES string of the molecule is COc1ccccc1C1=NNC(C2=C(N)/C(=C(C)/C(C)=C(/C)N)CS2)O1. The number of para-hydroxylation sites is 1. The van der Waals surface area contributed by atoms with E-state index < -0.39 is 6.23 Å². The Labute approximate surface area is 158 Å². The first-order chi connectivity index (χ1) is 12.4. The second-order valence-corrected chi connectivity index (χ2v) is 7.24. The fourth-order valence-electron chi connectivity index (χ4n) is 2.84. The maximum atomic E-state index is 6.42. The predicted octanol–water partition coefficient (Wildman–Crippen LogP) is 2.79. The van der Waals surface area contributed by atoms with Crippen molar-refractivity contribution in [3.05, 3.63) is 62.8 Å². The lowest BCUT2D eigenvalue weighted by Crippen LogP contribution is -2.24. The van der Waals surface area contributed by atoms with Crippen LogP contribution >= 0.6 is 11.8 Å². The van der Waals surface area contributed by atoms with Gasteiger partial charge in [0, 0.05) is 11.4 Å². The fourth-order valence-corrected chi connectivity index (χ4v) is 4.04. The highest BCUT2D eigenvalue weighted by atomic mass is 32.2. The number of hydrogen-bond acceptors (Lipinski definition) is 7.